The zero-order valence-corrected chi connectivity index (χ0v) is 14.6. The highest BCUT2D eigenvalue weighted by atomic mass is 16.5. The second kappa shape index (κ2) is 7.42. The average molecular weight is 330 g/mol. The standard InChI is InChI=1S/C20H30N2O2/c23-20-15-21(14-19(20)22-11-3-4-12-22)13-16-7-9-18(10-8-16)24-17-5-1-2-6-17/h7-10,17,19-20,23H,1-6,11-15H2/t19-,20-/m1/s1. The molecule has 2 aliphatic heterocycles. The topological polar surface area (TPSA) is 35.9 Å². The fourth-order valence-corrected chi connectivity index (χ4v) is 4.54. The van der Waals surface area contributed by atoms with Crippen molar-refractivity contribution in [1.29, 1.82) is 0 Å². The van der Waals surface area contributed by atoms with Crippen LogP contribution >= 0.6 is 0 Å². The molecule has 0 bridgehead atoms. The molecule has 1 N–H and O–H groups in total. The Bertz CT molecular complexity index is 521. The minimum absolute atomic E-state index is 0.201. The number of hydrogen-bond acceptors (Lipinski definition) is 4. The van der Waals surface area contributed by atoms with Crippen LogP contribution in [0.2, 0.25) is 0 Å². The van der Waals surface area contributed by atoms with Crippen LogP contribution in [0.3, 0.4) is 0 Å². The summed E-state index contributed by atoms with van der Waals surface area (Å²) in [5.74, 6) is 1.00. The average Bonchev–Trinajstić information content (AvgIpc) is 3.32. The number of ether oxygens (including phenoxy) is 1. The molecule has 0 unspecified atom stereocenters. The molecule has 0 spiro atoms. The van der Waals surface area contributed by atoms with Crippen LogP contribution in [0, 0.1) is 0 Å². The van der Waals surface area contributed by atoms with Gasteiger partial charge in [-0.15, -0.1) is 0 Å². The van der Waals surface area contributed by atoms with Gasteiger partial charge >= 0.3 is 0 Å². The largest absolute Gasteiger partial charge is 0.490 e. The van der Waals surface area contributed by atoms with Gasteiger partial charge < -0.3 is 9.84 Å². The summed E-state index contributed by atoms with van der Waals surface area (Å²) >= 11 is 0. The minimum Gasteiger partial charge on any atom is -0.490 e. The van der Waals surface area contributed by atoms with Crippen molar-refractivity contribution in [2.24, 2.45) is 0 Å². The fraction of sp³-hybridized carbons (Fsp3) is 0.700. The van der Waals surface area contributed by atoms with Crippen LogP contribution < -0.4 is 4.74 Å². The summed E-state index contributed by atoms with van der Waals surface area (Å²) in [6.07, 6.45) is 7.79. The molecule has 132 valence electrons. The van der Waals surface area contributed by atoms with Gasteiger partial charge in [0, 0.05) is 25.7 Å². The third-order valence-corrected chi connectivity index (χ3v) is 5.88. The third-order valence-electron chi connectivity index (χ3n) is 5.88. The highest BCUT2D eigenvalue weighted by Gasteiger charge is 2.36. The number of benzene rings is 1. The lowest BCUT2D eigenvalue weighted by atomic mass is 10.2. The van der Waals surface area contributed by atoms with Gasteiger partial charge in [0.2, 0.25) is 0 Å². The van der Waals surface area contributed by atoms with Gasteiger partial charge in [-0.25, -0.2) is 0 Å². The molecule has 4 heteroatoms. The predicted molar refractivity (Wildman–Crippen MR) is 95.2 cm³/mol. The Balaban J connectivity index is 1.30. The van der Waals surface area contributed by atoms with Crippen molar-refractivity contribution < 1.29 is 9.84 Å². The Hall–Kier alpha value is -1.10. The molecule has 2 atom stereocenters. The number of nitrogens with zero attached hydrogens (tertiary/aromatic N) is 2. The van der Waals surface area contributed by atoms with E-state index in [0.29, 0.717) is 12.1 Å². The van der Waals surface area contributed by atoms with E-state index in [9.17, 15) is 5.11 Å². The summed E-state index contributed by atoms with van der Waals surface area (Å²) in [6.45, 7) is 5.01. The van der Waals surface area contributed by atoms with Crippen molar-refractivity contribution >= 4 is 0 Å². The molecule has 4 nitrogen and oxygen atoms in total. The van der Waals surface area contributed by atoms with Crippen molar-refractivity contribution in [3.63, 3.8) is 0 Å². The minimum atomic E-state index is -0.201. The summed E-state index contributed by atoms with van der Waals surface area (Å²) in [7, 11) is 0. The lowest BCUT2D eigenvalue weighted by Gasteiger charge is -2.25. The van der Waals surface area contributed by atoms with Crippen molar-refractivity contribution in [1.82, 2.24) is 9.80 Å². The van der Waals surface area contributed by atoms with Crippen molar-refractivity contribution in [3.8, 4) is 5.75 Å². The zero-order chi connectivity index (χ0) is 16.4. The van der Waals surface area contributed by atoms with Gasteiger partial charge in [-0.05, 0) is 69.3 Å². The quantitative estimate of drug-likeness (QED) is 0.900. The molecular formula is C20H30N2O2. The molecule has 0 radical (unpaired) electrons. The van der Waals surface area contributed by atoms with E-state index in [1.54, 1.807) is 0 Å². The Morgan fingerprint density at radius 3 is 2.38 bits per heavy atom. The van der Waals surface area contributed by atoms with Crippen LogP contribution in [0.4, 0.5) is 0 Å². The van der Waals surface area contributed by atoms with Crippen LogP contribution in [0.1, 0.15) is 44.1 Å². The van der Waals surface area contributed by atoms with Crippen LogP contribution in [-0.4, -0.2) is 59.3 Å². The van der Waals surface area contributed by atoms with Gasteiger partial charge in [-0.3, -0.25) is 9.80 Å². The van der Waals surface area contributed by atoms with E-state index in [1.807, 2.05) is 0 Å². The number of hydrogen-bond donors (Lipinski definition) is 1. The highest BCUT2D eigenvalue weighted by molar-refractivity contribution is 5.27. The first-order chi connectivity index (χ1) is 11.8. The van der Waals surface area contributed by atoms with E-state index in [-0.39, 0.29) is 6.10 Å². The van der Waals surface area contributed by atoms with Crippen molar-refractivity contribution in [2.45, 2.75) is 63.3 Å². The second-order valence-electron chi connectivity index (χ2n) is 7.74. The molecule has 2 heterocycles. The summed E-state index contributed by atoms with van der Waals surface area (Å²) in [5.41, 5.74) is 1.31. The van der Waals surface area contributed by atoms with Gasteiger partial charge in [0.1, 0.15) is 5.75 Å². The SMILES string of the molecule is O[C@@H]1CN(Cc2ccc(OC3CCCC3)cc2)C[C@H]1N1CCCC1. The highest BCUT2D eigenvalue weighted by Crippen LogP contribution is 2.25. The third kappa shape index (κ3) is 3.76. The Morgan fingerprint density at radius 2 is 1.67 bits per heavy atom. The molecule has 4 rings (SSSR count). The monoisotopic (exact) mass is 330 g/mol. The number of likely N-dealkylation sites (tertiary alicyclic amines) is 2. The number of aliphatic hydroxyl groups excluding tert-OH is 1. The van der Waals surface area contributed by atoms with Gasteiger partial charge in [0.05, 0.1) is 12.2 Å². The molecule has 3 aliphatic rings. The molecular weight excluding hydrogens is 300 g/mol. The maximum atomic E-state index is 10.4. The second-order valence-corrected chi connectivity index (χ2v) is 7.74. The Labute approximate surface area is 145 Å². The maximum Gasteiger partial charge on any atom is 0.119 e. The summed E-state index contributed by atoms with van der Waals surface area (Å²) in [4.78, 5) is 4.86. The van der Waals surface area contributed by atoms with E-state index in [0.717, 1.165) is 38.5 Å². The first kappa shape index (κ1) is 16.4. The van der Waals surface area contributed by atoms with Gasteiger partial charge in [-0.2, -0.15) is 0 Å². The van der Waals surface area contributed by atoms with Crippen LogP contribution in [0.15, 0.2) is 24.3 Å². The molecule has 0 aromatic heterocycles. The lowest BCUT2D eigenvalue weighted by molar-refractivity contribution is 0.0978. The lowest BCUT2D eigenvalue weighted by Crippen LogP contribution is -2.41. The van der Waals surface area contributed by atoms with E-state index in [4.69, 9.17) is 4.74 Å². The fourth-order valence-electron chi connectivity index (χ4n) is 4.54. The maximum absolute atomic E-state index is 10.4. The van der Waals surface area contributed by atoms with Gasteiger partial charge in [0.25, 0.3) is 0 Å². The first-order valence-electron chi connectivity index (χ1n) is 9.68. The van der Waals surface area contributed by atoms with Gasteiger partial charge in [-0.1, -0.05) is 12.1 Å². The van der Waals surface area contributed by atoms with Crippen LogP contribution in [0.25, 0.3) is 0 Å². The van der Waals surface area contributed by atoms with Crippen molar-refractivity contribution in [3.05, 3.63) is 29.8 Å². The number of aliphatic hydroxyl groups is 1. The molecule has 24 heavy (non-hydrogen) atoms. The molecule has 3 fully saturated rings. The van der Waals surface area contributed by atoms with E-state index >= 15 is 0 Å². The summed E-state index contributed by atoms with van der Waals surface area (Å²) in [6, 6.07) is 8.91. The summed E-state index contributed by atoms with van der Waals surface area (Å²) < 4.78 is 6.04. The molecule has 1 aromatic rings. The Morgan fingerprint density at radius 1 is 0.958 bits per heavy atom. The molecule has 1 saturated carbocycles. The normalized spacial score (nSPS) is 29.5. The van der Waals surface area contributed by atoms with Crippen LogP contribution in [-0.2, 0) is 6.54 Å². The van der Waals surface area contributed by atoms with E-state index < -0.39 is 0 Å². The van der Waals surface area contributed by atoms with Crippen LogP contribution in [0.5, 0.6) is 5.75 Å². The van der Waals surface area contributed by atoms with E-state index in [2.05, 4.69) is 34.1 Å². The zero-order valence-electron chi connectivity index (χ0n) is 14.6. The molecule has 2 saturated heterocycles. The first-order valence-corrected chi connectivity index (χ1v) is 9.68. The number of rotatable bonds is 5. The van der Waals surface area contributed by atoms with Gasteiger partial charge in [0.15, 0.2) is 0 Å². The molecule has 0 amide bonds. The summed E-state index contributed by atoms with van der Waals surface area (Å²) in [5, 5.41) is 10.4. The van der Waals surface area contributed by atoms with E-state index in [1.165, 1.54) is 44.1 Å². The van der Waals surface area contributed by atoms with Crippen molar-refractivity contribution in [2.75, 3.05) is 26.2 Å². The number of β-amino-alcohol motifs (C(OH)–C–C–N with tert-alkyl or cyclic N) is 1. The Kier molecular flexibility index (Phi) is 5.06. The smallest absolute Gasteiger partial charge is 0.119 e. The molecule has 1 aliphatic carbocycles. The predicted octanol–water partition coefficient (Wildman–Crippen LogP) is 2.65. The molecule has 1 aromatic carbocycles.